The van der Waals surface area contributed by atoms with Gasteiger partial charge in [-0.2, -0.15) is 0 Å². The molecule has 0 aliphatic rings. The molecule has 16 heavy (non-hydrogen) atoms. The van der Waals surface area contributed by atoms with Gasteiger partial charge in [-0.15, -0.1) is 5.10 Å². The summed E-state index contributed by atoms with van der Waals surface area (Å²) in [6, 6.07) is 1.74. The lowest BCUT2D eigenvalue weighted by molar-refractivity contribution is 0.102. The van der Waals surface area contributed by atoms with E-state index >= 15 is 0 Å². The highest BCUT2D eigenvalue weighted by atomic mass is 32.1. The van der Waals surface area contributed by atoms with Crippen LogP contribution in [0.3, 0.4) is 0 Å². The number of carbonyl (C=O) groups excluding carboxylic acids is 1. The Labute approximate surface area is 95.9 Å². The molecule has 6 nitrogen and oxygen atoms in total. The Kier molecular flexibility index (Phi) is 3.06. The van der Waals surface area contributed by atoms with E-state index in [-0.39, 0.29) is 5.91 Å². The van der Waals surface area contributed by atoms with Crippen molar-refractivity contribution in [2.75, 3.05) is 17.7 Å². The Morgan fingerprint density at radius 2 is 2.31 bits per heavy atom. The van der Waals surface area contributed by atoms with Gasteiger partial charge in [-0.1, -0.05) is 4.49 Å². The molecule has 0 aromatic carbocycles. The van der Waals surface area contributed by atoms with Gasteiger partial charge < -0.3 is 10.6 Å². The second kappa shape index (κ2) is 4.67. The molecular weight excluding hydrogens is 226 g/mol. The number of amides is 1. The summed E-state index contributed by atoms with van der Waals surface area (Å²) in [7, 11) is 1.75. The molecule has 2 N–H and O–H groups in total. The zero-order valence-corrected chi connectivity index (χ0v) is 9.28. The van der Waals surface area contributed by atoms with E-state index < -0.39 is 0 Å². The molecule has 0 bridgehead atoms. The summed E-state index contributed by atoms with van der Waals surface area (Å²) in [5, 5.41) is 9.86. The zero-order chi connectivity index (χ0) is 11.4. The van der Waals surface area contributed by atoms with Crippen LogP contribution in [0.1, 0.15) is 10.4 Å². The third kappa shape index (κ3) is 2.14. The van der Waals surface area contributed by atoms with Crippen LogP contribution in [-0.4, -0.2) is 27.5 Å². The molecule has 82 valence electrons. The number of nitrogens with zero attached hydrogens (tertiary/aromatic N) is 3. The van der Waals surface area contributed by atoms with Crippen molar-refractivity contribution < 1.29 is 4.79 Å². The number of rotatable bonds is 3. The first-order chi connectivity index (χ1) is 7.81. The van der Waals surface area contributed by atoms with E-state index in [0.29, 0.717) is 10.6 Å². The quantitative estimate of drug-likeness (QED) is 0.836. The third-order valence-electron chi connectivity index (χ3n) is 1.93. The molecule has 0 unspecified atom stereocenters. The summed E-state index contributed by atoms with van der Waals surface area (Å²) < 4.78 is 3.66. The minimum Gasteiger partial charge on any atom is -0.387 e. The normalized spacial score (nSPS) is 9.81. The second-order valence-electron chi connectivity index (χ2n) is 2.91. The van der Waals surface area contributed by atoms with Crippen LogP contribution in [0.5, 0.6) is 0 Å². The van der Waals surface area contributed by atoms with Gasteiger partial charge in [0, 0.05) is 36.7 Å². The van der Waals surface area contributed by atoms with Crippen LogP contribution >= 0.6 is 11.5 Å². The molecule has 2 heterocycles. The summed E-state index contributed by atoms with van der Waals surface area (Å²) >= 11 is 1.13. The van der Waals surface area contributed by atoms with Gasteiger partial charge in [-0.25, -0.2) is 0 Å². The van der Waals surface area contributed by atoms with Gasteiger partial charge in [0.05, 0.1) is 11.8 Å². The van der Waals surface area contributed by atoms with E-state index in [1.807, 2.05) is 0 Å². The Balaban J connectivity index is 2.21. The third-order valence-corrected chi connectivity index (χ3v) is 2.51. The number of anilines is 2. The minimum atomic E-state index is -0.233. The first-order valence-corrected chi connectivity index (χ1v) is 5.29. The molecule has 0 saturated carbocycles. The van der Waals surface area contributed by atoms with Gasteiger partial charge >= 0.3 is 0 Å². The maximum Gasteiger partial charge on any atom is 0.260 e. The lowest BCUT2D eigenvalue weighted by atomic mass is 10.2. The largest absolute Gasteiger partial charge is 0.387 e. The molecule has 2 aromatic heterocycles. The topological polar surface area (TPSA) is 79.8 Å². The van der Waals surface area contributed by atoms with E-state index in [4.69, 9.17) is 0 Å². The molecule has 7 heteroatoms. The molecule has 2 rings (SSSR count). The fourth-order valence-corrected chi connectivity index (χ4v) is 1.61. The molecule has 0 radical (unpaired) electrons. The molecule has 1 amide bonds. The first-order valence-electron chi connectivity index (χ1n) is 4.51. The summed E-state index contributed by atoms with van der Waals surface area (Å²) in [6.07, 6.45) is 4.63. The second-order valence-corrected chi connectivity index (χ2v) is 3.69. The fraction of sp³-hybridized carbons (Fsp3) is 0.111. The maximum atomic E-state index is 11.9. The van der Waals surface area contributed by atoms with E-state index in [1.54, 1.807) is 19.3 Å². The van der Waals surface area contributed by atoms with Crippen LogP contribution in [0.25, 0.3) is 0 Å². The van der Waals surface area contributed by atoms with Crippen molar-refractivity contribution in [2.24, 2.45) is 0 Å². The van der Waals surface area contributed by atoms with Crippen molar-refractivity contribution >= 4 is 28.1 Å². The Morgan fingerprint density at radius 1 is 1.44 bits per heavy atom. The molecule has 2 aromatic rings. The lowest BCUT2D eigenvalue weighted by Crippen LogP contribution is -2.13. The van der Waals surface area contributed by atoms with Crippen LogP contribution in [0, 0.1) is 0 Å². The number of carbonyl (C=O) groups is 1. The molecule has 0 aliphatic carbocycles. The number of nitrogens with one attached hydrogen (secondary N) is 2. The SMILES string of the molecule is CNc1ccncc1C(=O)Nc1cnns1. The number of hydrogen-bond acceptors (Lipinski definition) is 6. The predicted molar refractivity (Wildman–Crippen MR) is 61.6 cm³/mol. The van der Waals surface area contributed by atoms with Crippen molar-refractivity contribution in [1.29, 1.82) is 0 Å². The summed E-state index contributed by atoms with van der Waals surface area (Å²) in [5.41, 5.74) is 1.21. The van der Waals surface area contributed by atoms with Crippen LogP contribution in [0.4, 0.5) is 10.7 Å². The van der Waals surface area contributed by atoms with Gasteiger partial charge in [-0.05, 0) is 6.07 Å². The zero-order valence-electron chi connectivity index (χ0n) is 8.47. The van der Waals surface area contributed by atoms with Crippen LogP contribution in [0.2, 0.25) is 0 Å². The first kappa shape index (κ1) is 10.5. The number of pyridine rings is 1. The Hall–Kier alpha value is -2.02. The molecule has 0 saturated heterocycles. The van der Waals surface area contributed by atoms with E-state index in [0.717, 1.165) is 17.2 Å². The molecule has 0 aliphatic heterocycles. The van der Waals surface area contributed by atoms with Gasteiger partial charge in [0.1, 0.15) is 5.00 Å². The van der Waals surface area contributed by atoms with E-state index in [2.05, 4.69) is 25.2 Å². The average molecular weight is 235 g/mol. The highest BCUT2D eigenvalue weighted by molar-refractivity contribution is 7.10. The highest BCUT2D eigenvalue weighted by Gasteiger charge is 2.11. The Bertz CT molecular complexity index is 484. The molecular formula is C9H9N5OS. The van der Waals surface area contributed by atoms with Crippen LogP contribution in [-0.2, 0) is 0 Å². The van der Waals surface area contributed by atoms with Crippen molar-refractivity contribution in [3.8, 4) is 0 Å². The van der Waals surface area contributed by atoms with E-state index in [9.17, 15) is 4.79 Å². The standard InChI is InChI=1S/C9H9N5OS/c1-10-7-2-3-11-4-6(7)9(15)13-8-5-12-14-16-8/h2-5H,1H3,(H,10,11)(H,13,15). The molecule has 0 atom stereocenters. The monoisotopic (exact) mass is 235 g/mol. The lowest BCUT2D eigenvalue weighted by Gasteiger charge is -2.06. The number of hydrogen-bond donors (Lipinski definition) is 2. The molecule has 0 fully saturated rings. The van der Waals surface area contributed by atoms with Gasteiger partial charge in [0.25, 0.3) is 5.91 Å². The van der Waals surface area contributed by atoms with Crippen molar-refractivity contribution in [2.45, 2.75) is 0 Å². The van der Waals surface area contributed by atoms with Gasteiger partial charge in [0.2, 0.25) is 0 Å². The van der Waals surface area contributed by atoms with Crippen LogP contribution in [0.15, 0.2) is 24.7 Å². The average Bonchev–Trinajstić information content (AvgIpc) is 2.81. The summed E-state index contributed by atoms with van der Waals surface area (Å²) in [4.78, 5) is 15.8. The summed E-state index contributed by atoms with van der Waals surface area (Å²) in [5.74, 6) is -0.233. The Morgan fingerprint density at radius 3 is 3.00 bits per heavy atom. The van der Waals surface area contributed by atoms with Gasteiger partial charge in [0.15, 0.2) is 0 Å². The highest BCUT2D eigenvalue weighted by Crippen LogP contribution is 2.16. The van der Waals surface area contributed by atoms with Gasteiger partial charge in [-0.3, -0.25) is 9.78 Å². The van der Waals surface area contributed by atoms with Crippen LogP contribution < -0.4 is 10.6 Å². The minimum absolute atomic E-state index is 0.233. The number of aromatic nitrogens is 3. The van der Waals surface area contributed by atoms with E-state index in [1.165, 1.54) is 12.4 Å². The summed E-state index contributed by atoms with van der Waals surface area (Å²) in [6.45, 7) is 0. The van der Waals surface area contributed by atoms with Crippen molar-refractivity contribution in [3.63, 3.8) is 0 Å². The van der Waals surface area contributed by atoms with Crippen molar-refractivity contribution in [3.05, 3.63) is 30.2 Å². The predicted octanol–water partition coefficient (Wildman–Crippen LogP) is 1.23. The smallest absolute Gasteiger partial charge is 0.260 e. The molecule has 0 spiro atoms. The fourth-order valence-electron chi connectivity index (χ4n) is 1.19. The maximum absolute atomic E-state index is 11.9. The van der Waals surface area contributed by atoms with Crippen molar-refractivity contribution in [1.82, 2.24) is 14.6 Å².